The summed E-state index contributed by atoms with van der Waals surface area (Å²) < 4.78 is 18.4. The molecule has 0 amide bonds. The number of carbonyl (C=O) groups is 2. The summed E-state index contributed by atoms with van der Waals surface area (Å²) in [6.07, 6.45) is 6.37. The molecule has 0 saturated carbocycles. The molecule has 0 fully saturated rings. The summed E-state index contributed by atoms with van der Waals surface area (Å²) in [5, 5.41) is 0. The lowest BCUT2D eigenvalue weighted by molar-refractivity contribution is 0.00553. The number of esters is 2. The Balaban J connectivity index is 2.44. The van der Waals surface area contributed by atoms with Gasteiger partial charge in [-0.15, -0.1) is 0 Å². The van der Waals surface area contributed by atoms with E-state index in [-0.39, 0.29) is 6.10 Å². The molecule has 7 heteroatoms. The zero-order chi connectivity index (χ0) is 21.3. The highest BCUT2D eigenvalue weighted by molar-refractivity contribution is 5.95. The van der Waals surface area contributed by atoms with E-state index in [1.54, 1.807) is 50.1 Å². The predicted molar refractivity (Wildman–Crippen MR) is 106 cm³/mol. The first-order valence-corrected chi connectivity index (χ1v) is 9.29. The van der Waals surface area contributed by atoms with Crippen LogP contribution in [-0.2, 0) is 9.47 Å². The number of nitrogens with zero attached hydrogens (tertiary/aromatic N) is 1. The number of carbonyl (C=O) groups excluding carboxylic acids is 2. The van der Waals surface area contributed by atoms with Gasteiger partial charge in [0.1, 0.15) is 22.3 Å². The smallest absolute Gasteiger partial charge is 0.344 e. The summed E-state index contributed by atoms with van der Waals surface area (Å²) in [4.78, 5) is 28.1. The molecule has 0 aliphatic carbocycles. The van der Waals surface area contributed by atoms with E-state index < -0.39 is 23.1 Å². The molecule has 2 rings (SSSR count). The minimum Gasteiger partial charge on any atom is -0.488 e. The van der Waals surface area contributed by atoms with Crippen LogP contribution in [0.2, 0.25) is 0 Å². The maximum atomic E-state index is 12.6. The number of hydrogen-bond donors (Lipinski definition) is 1. The average molecular weight is 390 g/mol. The third kappa shape index (κ3) is 5.65. The van der Waals surface area contributed by atoms with Crippen LogP contribution in [0, 0.1) is 0 Å². The first-order chi connectivity index (χ1) is 12.8. The van der Waals surface area contributed by atoms with Gasteiger partial charge < -0.3 is 23.8 Å². The number of aromatic nitrogens is 2. The van der Waals surface area contributed by atoms with Crippen molar-refractivity contribution in [3.05, 3.63) is 35.9 Å². The van der Waals surface area contributed by atoms with Crippen LogP contribution in [0.3, 0.4) is 0 Å². The maximum Gasteiger partial charge on any atom is 0.344 e. The quantitative estimate of drug-likeness (QED) is 0.760. The number of aromatic amines is 1. The van der Waals surface area contributed by atoms with Crippen molar-refractivity contribution in [3.63, 3.8) is 0 Å². The first-order valence-electron chi connectivity index (χ1n) is 9.29. The van der Waals surface area contributed by atoms with Crippen molar-refractivity contribution in [1.29, 1.82) is 0 Å². The standard InChI is InChI=1S/C21H30N2O5/c1-13(2)26-17-12-23(11-15(17)19(25)28-21(6,7)8)16-10-22-9-14(16)18(24)27-20(3,4)5/h9-13,22H,1-8H3. The van der Waals surface area contributed by atoms with Gasteiger partial charge in [0, 0.05) is 18.6 Å². The van der Waals surface area contributed by atoms with E-state index in [0.29, 0.717) is 22.6 Å². The normalized spacial score (nSPS) is 12.2. The third-order valence-corrected chi connectivity index (χ3v) is 3.39. The lowest BCUT2D eigenvalue weighted by Gasteiger charge is -2.19. The van der Waals surface area contributed by atoms with Crippen molar-refractivity contribution in [2.75, 3.05) is 0 Å². The van der Waals surface area contributed by atoms with Gasteiger partial charge in [-0.05, 0) is 55.4 Å². The van der Waals surface area contributed by atoms with Crippen LogP contribution in [0.1, 0.15) is 76.1 Å². The minimum absolute atomic E-state index is 0.131. The summed E-state index contributed by atoms with van der Waals surface area (Å²) in [5.41, 5.74) is -0.0469. The molecule has 0 saturated heterocycles. The van der Waals surface area contributed by atoms with Gasteiger partial charge in [-0.25, -0.2) is 9.59 Å². The predicted octanol–water partition coefficient (Wildman–Crippen LogP) is 4.50. The van der Waals surface area contributed by atoms with Crippen LogP contribution in [0.4, 0.5) is 0 Å². The molecule has 0 spiro atoms. The van der Waals surface area contributed by atoms with Crippen LogP contribution in [0.15, 0.2) is 24.8 Å². The van der Waals surface area contributed by atoms with Crippen LogP contribution < -0.4 is 4.74 Å². The SMILES string of the molecule is CC(C)Oc1cn(-c2c[nH]cc2C(=O)OC(C)(C)C)cc1C(=O)OC(C)(C)C. The van der Waals surface area contributed by atoms with Crippen LogP contribution in [-0.4, -0.2) is 38.8 Å². The highest BCUT2D eigenvalue weighted by Gasteiger charge is 2.26. The Morgan fingerprint density at radius 2 is 1.43 bits per heavy atom. The van der Waals surface area contributed by atoms with Crippen molar-refractivity contribution in [3.8, 4) is 11.4 Å². The third-order valence-electron chi connectivity index (χ3n) is 3.39. The molecule has 0 bridgehead atoms. The van der Waals surface area contributed by atoms with Crippen molar-refractivity contribution in [2.45, 2.75) is 72.7 Å². The van der Waals surface area contributed by atoms with E-state index in [1.807, 2.05) is 34.6 Å². The summed E-state index contributed by atoms with van der Waals surface area (Å²) in [6.45, 7) is 14.6. The Morgan fingerprint density at radius 1 is 0.893 bits per heavy atom. The maximum absolute atomic E-state index is 12.6. The molecule has 0 aliphatic heterocycles. The molecular formula is C21H30N2O5. The number of ether oxygens (including phenoxy) is 3. The Bertz CT molecular complexity index is 847. The Morgan fingerprint density at radius 3 is 1.93 bits per heavy atom. The van der Waals surface area contributed by atoms with E-state index in [0.717, 1.165) is 0 Å². The Hall–Kier alpha value is -2.70. The largest absolute Gasteiger partial charge is 0.488 e. The fraction of sp³-hybridized carbons (Fsp3) is 0.524. The average Bonchev–Trinajstić information content (AvgIpc) is 3.08. The Labute approximate surface area is 166 Å². The molecule has 2 heterocycles. The molecule has 2 aromatic rings. The molecule has 0 aromatic carbocycles. The molecule has 154 valence electrons. The topological polar surface area (TPSA) is 82.5 Å². The second-order valence-electron chi connectivity index (χ2n) is 8.87. The van der Waals surface area contributed by atoms with Gasteiger partial charge in [-0.3, -0.25) is 0 Å². The number of rotatable bonds is 5. The minimum atomic E-state index is -0.635. The summed E-state index contributed by atoms with van der Waals surface area (Å²) in [7, 11) is 0. The molecule has 1 N–H and O–H groups in total. The molecule has 28 heavy (non-hydrogen) atoms. The number of hydrogen-bond acceptors (Lipinski definition) is 5. The second-order valence-corrected chi connectivity index (χ2v) is 8.87. The van der Waals surface area contributed by atoms with Gasteiger partial charge >= 0.3 is 11.9 Å². The van der Waals surface area contributed by atoms with Gasteiger partial charge in [-0.2, -0.15) is 0 Å². The highest BCUT2D eigenvalue weighted by Crippen LogP contribution is 2.28. The summed E-state index contributed by atoms with van der Waals surface area (Å²) in [6, 6.07) is 0. The molecule has 2 aromatic heterocycles. The van der Waals surface area contributed by atoms with Gasteiger partial charge in [0.25, 0.3) is 0 Å². The van der Waals surface area contributed by atoms with Gasteiger partial charge in [0.15, 0.2) is 5.75 Å². The lowest BCUT2D eigenvalue weighted by atomic mass is 10.2. The van der Waals surface area contributed by atoms with E-state index in [2.05, 4.69) is 4.98 Å². The molecule has 0 aliphatic rings. The van der Waals surface area contributed by atoms with Crippen molar-refractivity contribution in [2.24, 2.45) is 0 Å². The van der Waals surface area contributed by atoms with E-state index in [9.17, 15) is 9.59 Å². The fourth-order valence-electron chi connectivity index (χ4n) is 2.47. The molecular weight excluding hydrogens is 360 g/mol. The lowest BCUT2D eigenvalue weighted by Crippen LogP contribution is -2.24. The van der Waals surface area contributed by atoms with Crippen molar-refractivity contribution >= 4 is 11.9 Å². The zero-order valence-electron chi connectivity index (χ0n) is 17.9. The summed E-state index contributed by atoms with van der Waals surface area (Å²) in [5.74, 6) is -0.556. The molecule has 0 atom stereocenters. The van der Waals surface area contributed by atoms with Gasteiger partial charge in [-0.1, -0.05) is 0 Å². The molecule has 0 unspecified atom stereocenters. The van der Waals surface area contributed by atoms with Crippen molar-refractivity contribution in [1.82, 2.24) is 9.55 Å². The van der Waals surface area contributed by atoms with E-state index in [4.69, 9.17) is 14.2 Å². The monoisotopic (exact) mass is 390 g/mol. The second kappa shape index (κ2) is 7.73. The number of nitrogens with one attached hydrogen (secondary N) is 1. The summed E-state index contributed by atoms with van der Waals surface area (Å²) >= 11 is 0. The molecule has 0 radical (unpaired) electrons. The van der Waals surface area contributed by atoms with Crippen molar-refractivity contribution < 1.29 is 23.8 Å². The highest BCUT2D eigenvalue weighted by atomic mass is 16.6. The first kappa shape index (κ1) is 21.6. The van der Waals surface area contributed by atoms with Crippen LogP contribution in [0.25, 0.3) is 5.69 Å². The van der Waals surface area contributed by atoms with E-state index >= 15 is 0 Å². The Kier molecular flexibility index (Phi) is 5.97. The fourth-order valence-corrected chi connectivity index (χ4v) is 2.47. The van der Waals surface area contributed by atoms with Crippen LogP contribution >= 0.6 is 0 Å². The van der Waals surface area contributed by atoms with E-state index in [1.165, 1.54) is 0 Å². The van der Waals surface area contributed by atoms with Gasteiger partial charge in [0.05, 0.1) is 18.0 Å². The number of H-pyrrole nitrogens is 1. The van der Waals surface area contributed by atoms with Crippen LogP contribution in [0.5, 0.6) is 5.75 Å². The van der Waals surface area contributed by atoms with Gasteiger partial charge in [0.2, 0.25) is 0 Å². The molecule has 7 nitrogen and oxygen atoms in total. The zero-order valence-corrected chi connectivity index (χ0v) is 17.9.